The van der Waals surface area contributed by atoms with Gasteiger partial charge in [-0.3, -0.25) is 4.90 Å². The summed E-state index contributed by atoms with van der Waals surface area (Å²) in [6.07, 6.45) is 1.89. The van der Waals surface area contributed by atoms with Gasteiger partial charge in [0.2, 0.25) is 5.88 Å². The van der Waals surface area contributed by atoms with Crippen LogP contribution in [-0.4, -0.2) is 55.7 Å². The topological polar surface area (TPSA) is 102 Å². The van der Waals surface area contributed by atoms with Gasteiger partial charge >= 0.3 is 0 Å². The first-order valence-corrected chi connectivity index (χ1v) is 14.6. The third-order valence-corrected chi connectivity index (χ3v) is 8.37. The summed E-state index contributed by atoms with van der Waals surface area (Å²) in [6, 6.07) is 16.7. The zero-order chi connectivity index (χ0) is 29.2. The van der Waals surface area contributed by atoms with Crippen LogP contribution in [0.25, 0.3) is 17.1 Å². The van der Waals surface area contributed by atoms with Gasteiger partial charge in [0, 0.05) is 37.9 Å². The number of aliphatic hydroxyl groups is 2. The lowest BCUT2D eigenvalue weighted by Gasteiger charge is -2.30. The van der Waals surface area contributed by atoms with Gasteiger partial charge in [0.25, 0.3) is 0 Å². The van der Waals surface area contributed by atoms with E-state index in [9.17, 15) is 10.2 Å². The molecule has 1 fully saturated rings. The normalized spacial score (nSPS) is 15.8. The number of rotatable bonds is 9. The first kappa shape index (κ1) is 28.4. The molecule has 9 nitrogen and oxygen atoms in total. The van der Waals surface area contributed by atoms with Crippen molar-refractivity contribution in [3.05, 3.63) is 88.1 Å². The second-order valence-corrected chi connectivity index (χ2v) is 11.0. The molecule has 2 aromatic heterocycles. The summed E-state index contributed by atoms with van der Waals surface area (Å²) in [7, 11) is 0. The van der Waals surface area contributed by atoms with Gasteiger partial charge in [0.1, 0.15) is 12.4 Å². The van der Waals surface area contributed by atoms with Gasteiger partial charge < -0.3 is 24.4 Å². The molecule has 220 valence electrons. The number of aryl methyl sites for hydroxylation is 1. The van der Waals surface area contributed by atoms with Gasteiger partial charge in [0.05, 0.1) is 24.1 Å². The van der Waals surface area contributed by atoms with E-state index in [1.807, 2.05) is 44.2 Å². The predicted octanol–water partition coefficient (Wildman–Crippen LogP) is 5.01. The van der Waals surface area contributed by atoms with Gasteiger partial charge in [0.15, 0.2) is 12.1 Å². The van der Waals surface area contributed by atoms with Crippen LogP contribution in [0.1, 0.15) is 59.4 Å². The fourth-order valence-electron chi connectivity index (χ4n) is 6.03. The van der Waals surface area contributed by atoms with E-state index in [0.29, 0.717) is 30.8 Å². The van der Waals surface area contributed by atoms with Crippen LogP contribution in [0.5, 0.6) is 11.6 Å². The monoisotopic (exact) mass is 570 g/mol. The minimum atomic E-state index is -1.70. The molecule has 6 rings (SSSR count). The highest BCUT2D eigenvalue weighted by Crippen LogP contribution is 2.36. The Morgan fingerprint density at radius 2 is 1.81 bits per heavy atom. The summed E-state index contributed by atoms with van der Waals surface area (Å²) in [6.45, 7) is 10.6. The number of ether oxygens (including phenoxy) is 3. The molecule has 9 heteroatoms. The molecule has 0 spiro atoms. The van der Waals surface area contributed by atoms with E-state index in [1.165, 1.54) is 33.1 Å². The lowest BCUT2D eigenvalue weighted by atomic mass is 9.99. The lowest BCUT2D eigenvalue weighted by Crippen LogP contribution is -2.35. The number of hydrogen-bond donors (Lipinski definition) is 2. The van der Waals surface area contributed by atoms with Crippen LogP contribution in [-0.2, 0) is 24.4 Å². The van der Waals surface area contributed by atoms with Gasteiger partial charge in [-0.2, -0.15) is 9.78 Å². The molecule has 2 aliphatic rings. The molecule has 0 unspecified atom stereocenters. The SMILES string of the molecule is CCOc1c(C(O)O)cnn1-c1cccc(-c2cccc(C)c2OCc2ccc3c(c2C)CN(C2CCOCC2)C3)n1. The summed E-state index contributed by atoms with van der Waals surface area (Å²) in [4.78, 5) is 7.47. The molecule has 0 bridgehead atoms. The molecule has 4 heterocycles. The van der Waals surface area contributed by atoms with Crippen molar-refractivity contribution in [2.45, 2.75) is 65.6 Å². The minimum absolute atomic E-state index is 0.184. The fourth-order valence-corrected chi connectivity index (χ4v) is 6.03. The first-order valence-electron chi connectivity index (χ1n) is 14.6. The Kier molecular flexibility index (Phi) is 8.26. The van der Waals surface area contributed by atoms with Crippen molar-refractivity contribution in [1.82, 2.24) is 19.7 Å². The highest BCUT2D eigenvalue weighted by atomic mass is 16.5. The Morgan fingerprint density at radius 1 is 1.00 bits per heavy atom. The molecule has 1 saturated heterocycles. The molecule has 0 aliphatic carbocycles. The van der Waals surface area contributed by atoms with Crippen molar-refractivity contribution in [2.24, 2.45) is 0 Å². The van der Waals surface area contributed by atoms with E-state index in [-0.39, 0.29) is 11.4 Å². The highest BCUT2D eigenvalue weighted by molar-refractivity contribution is 5.69. The number of aromatic nitrogens is 3. The smallest absolute Gasteiger partial charge is 0.226 e. The number of hydrogen-bond acceptors (Lipinski definition) is 8. The van der Waals surface area contributed by atoms with Crippen molar-refractivity contribution in [1.29, 1.82) is 0 Å². The number of fused-ring (bicyclic) bond motifs is 1. The number of nitrogens with zero attached hydrogens (tertiary/aromatic N) is 4. The van der Waals surface area contributed by atoms with Crippen molar-refractivity contribution < 1.29 is 24.4 Å². The average molecular weight is 571 g/mol. The molecule has 0 saturated carbocycles. The molecular formula is C33H38N4O5. The standard InChI is InChI=1S/C33H38N4O5/c1-4-41-32-27(33(38)39)17-34-37(32)30-10-6-9-29(35-30)26-8-5-7-21(2)31(26)42-20-24-12-11-23-18-36(19-28(23)22(24)3)25-13-15-40-16-14-25/h5-12,17,25,33,38-39H,4,13-16,18-20H2,1-3H3. The van der Waals surface area contributed by atoms with Gasteiger partial charge in [-0.1, -0.05) is 30.3 Å². The quantitative estimate of drug-likeness (QED) is 0.271. The van der Waals surface area contributed by atoms with Crippen LogP contribution in [0.3, 0.4) is 0 Å². The Morgan fingerprint density at radius 3 is 2.60 bits per heavy atom. The van der Waals surface area contributed by atoms with E-state index in [4.69, 9.17) is 19.2 Å². The molecule has 0 radical (unpaired) electrons. The number of aliphatic hydroxyl groups excluding tert-OH is 1. The van der Waals surface area contributed by atoms with Crippen molar-refractivity contribution in [3.8, 4) is 28.7 Å². The molecule has 2 N–H and O–H groups in total. The molecular weight excluding hydrogens is 532 g/mol. The van der Waals surface area contributed by atoms with Crippen molar-refractivity contribution >= 4 is 0 Å². The van der Waals surface area contributed by atoms with Gasteiger partial charge in [-0.15, -0.1) is 0 Å². The zero-order valence-electron chi connectivity index (χ0n) is 24.4. The lowest BCUT2D eigenvalue weighted by molar-refractivity contribution is -0.0442. The highest BCUT2D eigenvalue weighted by Gasteiger charge is 2.29. The van der Waals surface area contributed by atoms with E-state index >= 15 is 0 Å². The van der Waals surface area contributed by atoms with Crippen molar-refractivity contribution in [2.75, 3.05) is 19.8 Å². The summed E-state index contributed by atoms with van der Waals surface area (Å²) >= 11 is 0. The molecule has 0 atom stereocenters. The molecule has 4 aromatic rings. The number of pyridine rings is 1. The number of para-hydroxylation sites is 1. The summed E-state index contributed by atoms with van der Waals surface area (Å²) < 4.78 is 19.3. The van der Waals surface area contributed by atoms with Crippen LogP contribution >= 0.6 is 0 Å². The van der Waals surface area contributed by atoms with Gasteiger partial charge in [-0.25, -0.2) is 4.98 Å². The van der Waals surface area contributed by atoms with Crippen LogP contribution < -0.4 is 9.47 Å². The second-order valence-electron chi connectivity index (χ2n) is 11.0. The van der Waals surface area contributed by atoms with E-state index < -0.39 is 6.29 Å². The van der Waals surface area contributed by atoms with Crippen LogP contribution in [0.4, 0.5) is 0 Å². The van der Waals surface area contributed by atoms with Crippen LogP contribution in [0.2, 0.25) is 0 Å². The van der Waals surface area contributed by atoms with E-state index in [1.54, 1.807) is 6.07 Å². The average Bonchev–Trinajstić information content (AvgIpc) is 3.64. The molecule has 0 amide bonds. The van der Waals surface area contributed by atoms with E-state index in [0.717, 1.165) is 56.0 Å². The minimum Gasteiger partial charge on any atom is -0.488 e. The molecule has 2 aliphatic heterocycles. The summed E-state index contributed by atoms with van der Waals surface area (Å²) in [5.41, 5.74) is 8.13. The second kappa shape index (κ2) is 12.2. The Balaban J connectivity index is 1.25. The maximum atomic E-state index is 9.77. The zero-order valence-corrected chi connectivity index (χ0v) is 24.4. The molecule has 42 heavy (non-hydrogen) atoms. The van der Waals surface area contributed by atoms with E-state index in [2.05, 4.69) is 29.1 Å². The number of benzene rings is 2. The first-order chi connectivity index (χ1) is 20.4. The third-order valence-electron chi connectivity index (χ3n) is 8.37. The summed E-state index contributed by atoms with van der Waals surface area (Å²) in [5, 5.41) is 23.9. The third kappa shape index (κ3) is 5.53. The summed E-state index contributed by atoms with van der Waals surface area (Å²) in [5.74, 6) is 1.53. The maximum Gasteiger partial charge on any atom is 0.226 e. The fraction of sp³-hybridized carbons (Fsp3) is 0.394. The largest absolute Gasteiger partial charge is 0.488 e. The Hall–Kier alpha value is -3.76. The Labute approximate surface area is 246 Å². The molecule has 2 aromatic carbocycles. The predicted molar refractivity (Wildman–Crippen MR) is 158 cm³/mol. The van der Waals surface area contributed by atoms with Crippen molar-refractivity contribution in [3.63, 3.8) is 0 Å². The Bertz CT molecular complexity index is 1560. The van der Waals surface area contributed by atoms with Crippen LogP contribution in [0.15, 0.2) is 54.7 Å². The van der Waals surface area contributed by atoms with Crippen LogP contribution in [0, 0.1) is 13.8 Å². The maximum absolute atomic E-state index is 9.77. The van der Waals surface area contributed by atoms with Gasteiger partial charge in [-0.05, 0) is 79.6 Å².